The van der Waals surface area contributed by atoms with Gasteiger partial charge in [-0.3, -0.25) is 0 Å². The van der Waals surface area contributed by atoms with Gasteiger partial charge in [-0.1, -0.05) is 0 Å². The van der Waals surface area contributed by atoms with E-state index in [2.05, 4.69) is 0 Å². The molecule has 0 heterocycles. The SMILES string of the molecule is C[S+]([O-])[S+](C)[O-]. The van der Waals surface area contributed by atoms with Crippen LogP contribution in [0.4, 0.5) is 0 Å². The molecule has 0 rings (SSSR count). The fourth-order valence-electron chi connectivity index (χ4n) is 0. The summed E-state index contributed by atoms with van der Waals surface area (Å²) in [4.78, 5) is 0. The van der Waals surface area contributed by atoms with Crippen molar-refractivity contribution < 1.29 is 9.11 Å². The smallest absolute Gasteiger partial charge is 0.167 e. The average molecular weight is 126 g/mol. The van der Waals surface area contributed by atoms with Crippen LogP contribution in [0.5, 0.6) is 0 Å². The second kappa shape index (κ2) is 2.74. The number of hydrogen-bond acceptors (Lipinski definition) is 2. The fraction of sp³-hybridized carbons (Fsp3) is 1.00. The van der Waals surface area contributed by atoms with Crippen molar-refractivity contribution in [1.82, 2.24) is 0 Å². The zero-order valence-corrected chi connectivity index (χ0v) is 5.27. The summed E-state index contributed by atoms with van der Waals surface area (Å²) >= 11 is 0. The highest BCUT2D eigenvalue weighted by Gasteiger charge is 2.07. The molecule has 0 aliphatic carbocycles. The van der Waals surface area contributed by atoms with Gasteiger partial charge in [0.1, 0.15) is 12.5 Å². The van der Waals surface area contributed by atoms with Crippen LogP contribution in [0.2, 0.25) is 0 Å². The molecule has 38 valence electrons. The van der Waals surface area contributed by atoms with Gasteiger partial charge < -0.3 is 9.11 Å². The summed E-state index contributed by atoms with van der Waals surface area (Å²) in [5.74, 6) is 0. The molecule has 2 nitrogen and oxygen atoms in total. The summed E-state index contributed by atoms with van der Waals surface area (Å²) in [5, 5.41) is 0. The summed E-state index contributed by atoms with van der Waals surface area (Å²) in [7, 11) is -2.29. The van der Waals surface area contributed by atoms with Crippen LogP contribution >= 0.6 is 0 Å². The Morgan fingerprint density at radius 1 is 1.00 bits per heavy atom. The van der Waals surface area contributed by atoms with Crippen LogP contribution in [0.3, 0.4) is 0 Å². The van der Waals surface area contributed by atoms with Crippen molar-refractivity contribution in [2.75, 3.05) is 12.5 Å². The van der Waals surface area contributed by atoms with E-state index in [-0.39, 0.29) is 0 Å². The Bertz CT molecular complexity index is 30.5. The van der Waals surface area contributed by atoms with Crippen LogP contribution in [-0.2, 0) is 20.4 Å². The normalized spacial score (nSPS) is 20.0. The van der Waals surface area contributed by atoms with Gasteiger partial charge in [0.15, 0.2) is 20.4 Å². The molecule has 0 saturated heterocycles. The molecule has 0 aromatic rings. The molecule has 0 bridgehead atoms. The third-order valence-electron chi connectivity index (χ3n) is 0.331. The summed E-state index contributed by atoms with van der Waals surface area (Å²) in [6.07, 6.45) is 2.83. The van der Waals surface area contributed by atoms with Gasteiger partial charge >= 0.3 is 0 Å². The maximum Gasteiger partial charge on any atom is 0.167 e. The predicted molar refractivity (Wildman–Crippen MR) is 28.1 cm³/mol. The van der Waals surface area contributed by atoms with E-state index in [0.717, 1.165) is 0 Å². The van der Waals surface area contributed by atoms with E-state index < -0.39 is 20.4 Å². The molecule has 2 unspecified atom stereocenters. The third-order valence-corrected chi connectivity index (χ3v) is 2.97. The Balaban J connectivity index is 2.99. The highest BCUT2D eigenvalue weighted by atomic mass is 33.2. The van der Waals surface area contributed by atoms with E-state index in [1.54, 1.807) is 0 Å². The van der Waals surface area contributed by atoms with Gasteiger partial charge in [-0.25, -0.2) is 0 Å². The molecule has 2 atom stereocenters. The van der Waals surface area contributed by atoms with E-state index in [1.807, 2.05) is 0 Å². The minimum absolute atomic E-state index is 1.15. The van der Waals surface area contributed by atoms with Gasteiger partial charge in [0.2, 0.25) is 0 Å². The zero-order valence-electron chi connectivity index (χ0n) is 3.63. The van der Waals surface area contributed by atoms with Crippen LogP contribution in [0, 0.1) is 0 Å². The molecular weight excluding hydrogens is 120 g/mol. The van der Waals surface area contributed by atoms with Gasteiger partial charge in [-0.15, -0.1) is 0 Å². The Morgan fingerprint density at radius 3 is 1.17 bits per heavy atom. The molecule has 0 saturated carbocycles. The number of rotatable bonds is 1. The van der Waals surface area contributed by atoms with Gasteiger partial charge in [0.05, 0.1) is 0 Å². The Kier molecular flexibility index (Phi) is 3.02. The topological polar surface area (TPSA) is 46.1 Å². The molecule has 0 aliphatic heterocycles. The largest absolute Gasteiger partial charge is 0.572 e. The molecule has 0 amide bonds. The summed E-state index contributed by atoms with van der Waals surface area (Å²) in [6, 6.07) is 0. The van der Waals surface area contributed by atoms with Crippen molar-refractivity contribution in [3.63, 3.8) is 0 Å². The molecule has 6 heavy (non-hydrogen) atoms. The fourth-order valence-corrected chi connectivity index (χ4v) is 0. The second-order valence-corrected chi connectivity index (χ2v) is 5.22. The quantitative estimate of drug-likeness (QED) is 0.356. The van der Waals surface area contributed by atoms with Crippen LogP contribution in [0.15, 0.2) is 0 Å². The Labute approximate surface area is 42.7 Å². The monoisotopic (exact) mass is 126 g/mol. The Morgan fingerprint density at radius 2 is 1.17 bits per heavy atom. The standard InChI is InChI=1S/C2H6O2S2/c1-5(3)6(2)4/h1-2H3. The van der Waals surface area contributed by atoms with Crippen molar-refractivity contribution in [2.24, 2.45) is 0 Å². The van der Waals surface area contributed by atoms with Crippen LogP contribution in [0.25, 0.3) is 0 Å². The van der Waals surface area contributed by atoms with Gasteiger partial charge in [-0.2, -0.15) is 0 Å². The molecule has 0 fully saturated rings. The van der Waals surface area contributed by atoms with Crippen LogP contribution in [0.1, 0.15) is 0 Å². The van der Waals surface area contributed by atoms with Gasteiger partial charge in [-0.05, 0) is 0 Å². The van der Waals surface area contributed by atoms with E-state index in [4.69, 9.17) is 0 Å². The molecule has 0 radical (unpaired) electrons. The van der Waals surface area contributed by atoms with E-state index >= 15 is 0 Å². The molecule has 0 spiro atoms. The highest BCUT2D eigenvalue weighted by molar-refractivity contribution is 8.66. The molecule has 4 heteroatoms. The lowest BCUT2D eigenvalue weighted by Gasteiger charge is -2.00. The Hall–Kier alpha value is 0.620. The maximum atomic E-state index is 9.95. The van der Waals surface area contributed by atoms with E-state index in [1.165, 1.54) is 12.5 Å². The average Bonchev–Trinajstić information content (AvgIpc) is 1.36. The van der Waals surface area contributed by atoms with Crippen LogP contribution < -0.4 is 0 Å². The van der Waals surface area contributed by atoms with E-state index in [0.29, 0.717) is 0 Å². The van der Waals surface area contributed by atoms with Crippen LogP contribution in [-0.4, -0.2) is 21.6 Å². The minimum Gasteiger partial charge on any atom is -0.572 e. The van der Waals surface area contributed by atoms with Gasteiger partial charge in [0, 0.05) is 0 Å². The summed E-state index contributed by atoms with van der Waals surface area (Å²) in [5.41, 5.74) is 0. The first kappa shape index (κ1) is 6.62. The third kappa shape index (κ3) is 2.84. The summed E-state index contributed by atoms with van der Waals surface area (Å²) in [6.45, 7) is 0. The van der Waals surface area contributed by atoms with E-state index in [9.17, 15) is 9.11 Å². The molecular formula is C2H6O2S2. The van der Waals surface area contributed by atoms with Crippen molar-refractivity contribution in [3.05, 3.63) is 0 Å². The maximum absolute atomic E-state index is 9.95. The van der Waals surface area contributed by atoms with Gasteiger partial charge in [0.25, 0.3) is 0 Å². The summed E-state index contributed by atoms with van der Waals surface area (Å²) < 4.78 is 19.9. The second-order valence-electron chi connectivity index (χ2n) is 0.803. The number of hydrogen-bond donors (Lipinski definition) is 0. The molecule has 0 aliphatic rings. The first-order valence-corrected chi connectivity index (χ1v) is 4.95. The molecule has 0 N–H and O–H groups in total. The first-order valence-electron chi connectivity index (χ1n) is 1.32. The molecule has 0 aromatic carbocycles. The predicted octanol–water partition coefficient (Wildman–Crippen LogP) is -0.342. The highest BCUT2D eigenvalue weighted by Crippen LogP contribution is 1.92. The lowest BCUT2D eigenvalue weighted by Crippen LogP contribution is -2.10. The zero-order chi connectivity index (χ0) is 5.15. The first-order chi connectivity index (χ1) is 2.64. The lowest BCUT2D eigenvalue weighted by molar-refractivity contribution is 0.589. The van der Waals surface area contributed by atoms with Crippen molar-refractivity contribution in [3.8, 4) is 0 Å². The minimum atomic E-state index is -1.15. The van der Waals surface area contributed by atoms with Crippen molar-refractivity contribution >= 4 is 20.4 Å². The lowest BCUT2D eigenvalue weighted by atomic mass is 12.0. The van der Waals surface area contributed by atoms with Crippen molar-refractivity contribution in [2.45, 2.75) is 0 Å². The molecule has 0 aromatic heterocycles. The van der Waals surface area contributed by atoms with Crippen molar-refractivity contribution in [1.29, 1.82) is 0 Å².